The normalized spacial score (nSPS) is 10.7. The molecule has 2 N–H and O–H groups in total. The zero-order chi connectivity index (χ0) is 22.8. The molecule has 6 nitrogen and oxygen atoms in total. The number of hydrogen-bond acceptors (Lipinski definition) is 3. The maximum atomic E-state index is 12.1. The quantitative estimate of drug-likeness (QED) is 0.239. The molecule has 0 aliphatic carbocycles. The average molecular weight is 558 g/mol. The molecule has 3 aromatic rings. The van der Waals surface area contributed by atoms with Crippen LogP contribution in [-0.4, -0.2) is 44.5 Å². The fraction of sp³-hybridized carbons (Fsp3) is 0.231. The molecule has 0 aliphatic heterocycles. The minimum absolute atomic E-state index is 0. The number of carbonyl (C=O) groups is 1. The van der Waals surface area contributed by atoms with Crippen molar-refractivity contribution in [3.8, 4) is 11.5 Å². The molecular formula is C26H31IN4O2. The lowest BCUT2D eigenvalue weighted by Gasteiger charge is -2.14. The maximum absolute atomic E-state index is 12.1. The summed E-state index contributed by atoms with van der Waals surface area (Å²) < 4.78 is 5.91. The number of benzene rings is 3. The maximum Gasteiger partial charge on any atom is 0.253 e. The van der Waals surface area contributed by atoms with Gasteiger partial charge < -0.3 is 20.3 Å². The standard InChI is InChI=1S/C26H30N4O2.HI/c1-27-26(28-16-15-20-9-7-11-22(17-20)25(31)30(2)3)29-19-21-10-8-14-24(18-21)32-23-12-5-4-6-13-23;/h4-14,17-18H,15-16,19H2,1-3H3,(H2,27,28,29);1H. The Bertz CT molecular complexity index is 1050. The van der Waals surface area contributed by atoms with Crippen molar-refractivity contribution in [3.63, 3.8) is 0 Å². The molecule has 0 saturated carbocycles. The summed E-state index contributed by atoms with van der Waals surface area (Å²) in [5.74, 6) is 2.34. The lowest BCUT2D eigenvalue weighted by Crippen LogP contribution is -2.37. The first-order chi connectivity index (χ1) is 15.5. The van der Waals surface area contributed by atoms with Crippen molar-refractivity contribution in [1.82, 2.24) is 15.5 Å². The van der Waals surface area contributed by atoms with Crippen LogP contribution < -0.4 is 15.4 Å². The van der Waals surface area contributed by atoms with Gasteiger partial charge in [-0.25, -0.2) is 0 Å². The van der Waals surface area contributed by atoms with Crippen LogP contribution in [0.25, 0.3) is 0 Å². The molecular weight excluding hydrogens is 527 g/mol. The molecule has 7 heteroatoms. The van der Waals surface area contributed by atoms with Crippen molar-refractivity contribution < 1.29 is 9.53 Å². The van der Waals surface area contributed by atoms with Crippen molar-refractivity contribution in [2.45, 2.75) is 13.0 Å². The Hall–Kier alpha value is -3.07. The number of aliphatic imine (C=N–C) groups is 1. The second kappa shape index (κ2) is 13.5. The van der Waals surface area contributed by atoms with Crippen LogP contribution in [0.1, 0.15) is 21.5 Å². The molecule has 0 aromatic heterocycles. The van der Waals surface area contributed by atoms with Crippen LogP contribution in [-0.2, 0) is 13.0 Å². The monoisotopic (exact) mass is 558 g/mol. The van der Waals surface area contributed by atoms with Gasteiger partial charge in [0.1, 0.15) is 11.5 Å². The van der Waals surface area contributed by atoms with Crippen molar-refractivity contribution in [1.29, 1.82) is 0 Å². The predicted octanol–water partition coefficient (Wildman–Crippen LogP) is 4.71. The highest BCUT2D eigenvalue weighted by atomic mass is 127. The molecule has 3 rings (SSSR count). The second-order valence-corrected chi connectivity index (χ2v) is 7.57. The van der Waals surface area contributed by atoms with E-state index in [2.05, 4.69) is 15.6 Å². The summed E-state index contributed by atoms with van der Waals surface area (Å²) in [5, 5.41) is 6.66. The van der Waals surface area contributed by atoms with Crippen molar-refractivity contribution in [2.75, 3.05) is 27.7 Å². The molecule has 0 heterocycles. The number of ether oxygens (including phenoxy) is 1. The number of hydrogen-bond donors (Lipinski definition) is 2. The van der Waals surface area contributed by atoms with Gasteiger partial charge in [-0.15, -0.1) is 24.0 Å². The molecule has 0 aliphatic rings. The van der Waals surface area contributed by atoms with E-state index >= 15 is 0 Å². The van der Waals surface area contributed by atoms with Crippen LogP contribution >= 0.6 is 24.0 Å². The zero-order valence-corrected chi connectivity index (χ0v) is 21.6. The Morgan fingerprint density at radius 1 is 0.879 bits per heavy atom. The van der Waals surface area contributed by atoms with Crippen LogP contribution in [0, 0.1) is 0 Å². The molecule has 0 saturated heterocycles. The average Bonchev–Trinajstić information content (AvgIpc) is 2.82. The number of rotatable bonds is 8. The van der Waals surface area contributed by atoms with Crippen LogP contribution in [0.5, 0.6) is 11.5 Å². The molecule has 0 bridgehead atoms. The topological polar surface area (TPSA) is 66.0 Å². The van der Waals surface area contributed by atoms with E-state index in [1.165, 1.54) is 0 Å². The minimum Gasteiger partial charge on any atom is -0.457 e. The van der Waals surface area contributed by atoms with Crippen molar-refractivity contribution >= 4 is 35.8 Å². The Labute approximate surface area is 213 Å². The highest BCUT2D eigenvalue weighted by molar-refractivity contribution is 14.0. The van der Waals surface area contributed by atoms with Crippen LogP contribution in [0.4, 0.5) is 0 Å². The smallest absolute Gasteiger partial charge is 0.253 e. The second-order valence-electron chi connectivity index (χ2n) is 7.57. The van der Waals surface area contributed by atoms with Gasteiger partial charge in [0.05, 0.1) is 0 Å². The molecule has 33 heavy (non-hydrogen) atoms. The summed E-state index contributed by atoms with van der Waals surface area (Å²) in [6.45, 7) is 1.33. The summed E-state index contributed by atoms with van der Waals surface area (Å²) in [7, 11) is 5.27. The van der Waals surface area contributed by atoms with E-state index in [1.54, 1.807) is 26.0 Å². The van der Waals surface area contributed by atoms with Gasteiger partial charge in [0.15, 0.2) is 5.96 Å². The Morgan fingerprint density at radius 3 is 2.30 bits per heavy atom. The predicted molar refractivity (Wildman–Crippen MR) is 145 cm³/mol. The number of carbonyl (C=O) groups excluding carboxylic acids is 1. The first-order valence-corrected chi connectivity index (χ1v) is 10.6. The lowest BCUT2D eigenvalue weighted by molar-refractivity contribution is 0.0827. The number of amides is 1. The minimum atomic E-state index is 0. The first kappa shape index (κ1) is 26.2. The number of nitrogens with one attached hydrogen (secondary N) is 2. The van der Waals surface area contributed by atoms with Crippen molar-refractivity contribution in [2.24, 2.45) is 4.99 Å². The fourth-order valence-corrected chi connectivity index (χ4v) is 3.19. The summed E-state index contributed by atoms with van der Waals surface area (Å²) >= 11 is 0. The first-order valence-electron chi connectivity index (χ1n) is 10.6. The van der Waals surface area contributed by atoms with E-state index in [0.29, 0.717) is 18.7 Å². The van der Waals surface area contributed by atoms with Crippen LogP contribution in [0.15, 0.2) is 83.9 Å². The third kappa shape index (κ3) is 8.42. The largest absolute Gasteiger partial charge is 0.457 e. The Balaban J connectivity index is 0.00000385. The number of para-hydroxylation sites is 1. The molecule has 174 valence electrons. The van der Waals surface area contributed by atoms with Gasteiger partial charge in [0.2, 0.25) is 0 Å². The lowest BCUT2D eigenvalue weighted by atomic mass is 10.1. The number of halogens is 1. The molecule has 3 aromatic carbocycles. The van der Waals surface area contributed by atoms with Gasteiger partial charge in [-0.2, -0.15) is 0 Å². The zero-order valence-electron chi connectivity index (χ0n) is 19.2. The molecule has 1 amide bonds. The van der Waals surface area contributed by atoms with E-state index < -0.39 is 0 Å². The summed E-state index contributed by atoms with van der Waals surface area (Å²) in [6, 6.07) is 25.5. The highest BCUT2D eigenvalue weighted by Gasteiger charge is 2.08. The molecule has 0 unspecified atom stereocenters. The van der Waals surface area contributed by atoms with Gasteiger partial charge in [-0.05, 0) is 53.9 Å². The number of nitrogens with zero attached hydrogens (tertiary/aromatic N) is 2. The van der Waals surface area contributed by atoms with E-state index in [-0.39, 0.29) is 29.9 Å². The number of guanidine groups is 1. The Kier molecular flexibility index (Phi) is 10.7. The SMILES string of the molecule is CN=C(NCCc1cccc(C(=O)N(C)C)c1)NCc1cccc(Oc2ccccc2)c1.I. The molecule has 0 fully saturated rings. The summed E-state index contributed by atoms with van der Waals surface area (Å²) in [4.78, 5) is 18.0. The van der Waals surface area contributed by atoms with Gasteiger partial charge >= 0.3 is 0 Å². The van der Waals surface area contributed by atoms with E-state index in [4.69, 9.17) is 4.74 Å². The molecule has 0 atom stereocenters. The van der Waals surface area contributed by atoms with Gasteiger partial charge in [0, 0.05) is 39.8 Å². The third-order valence-electron chi connectivity index (χ3n) is 4.85. The van der Waals surface area contributed by atoms with Crippen LogP contribution in [0.3, 0.4) is 0 Å². The highest BCUT2D eigenvalue weighted by Crippen LogP contribution is 2.21. The van der Waals surface area contributed by atoms with Crippen LogP contribution in [0.2, 0.25) is 0 Å². The van der Waals surface area contributed by atoms with E-state index in [9.17, 15) is 4.79 Å². The Morgan fingerprint density at radius 2 is 1.58 bits per heavy atom. The third-order valence-corrected chi connectivity index (χ3v) is 4.85. The molecule has 0 radical (unpaired) electrons. The summed E-state index contributed by atoms with van der Waals surface area (Å²) in [5.41, 5.74) is 2.90. The van der Waals surface area contributed by atoms with E-state index in [1.807, 2.05) is 78.9 Å². The fourth-order valence-electron chi connectivity index (χ4n) is 3.19. The summed E-state index contributed by atoms with van der Waals surface area (Å²) in [6.07, 6.45) is 0.787. The van der Waals surface area contributed by atoms with Crippen molar-refractivity contribution in [3.05, 3.63) is 95.6 Å². The molecule has 0 spiro atoms. The van der Waals surface area contributed by atoms with Gasteiger partial charge in [-0.1, -0.05) is 42.5 Å². The van der Waals surface area contributed by atoms with E-state index in [0.717, 1.165) is 35.0 Å². The van der Waals surface area contributed by atoms with Gasteiger partial charge in [-0.3, -0.25) is 9.79 Å². The van der Waals surface area contributed by atoms with Gasteiger partial charge in [0.25, 0.3) is 5.91 Å².